The van der Waals surface area contributed by atoms with Crippen LogP contribution < -0.4 is 29.6 Å². The second-order valence-corrected chi connectivity index (χ2v) is 2.67. The first-order chi connectivity index (χ1) is 6.20. The van der Waals surface area contributed by atoms with Crippen molar-refractivity contribution in [1.29, 1.82) is 0 Å². The molecule has 1 heteroatoms. The number of hydrogen-bond acceptors (Lipinski definition) is 0. The summed E-state index contributed by atoms with van der Waals surface area (Å²) in [5, 5.41) is 0. The fourth-order valence-corrected chi connectivity index (χ4v) is 0.589. The van der Waals surface area contributed by atoms with Gasteiger partial charge < -0.3 is 1.43 Å². The fourth-order valence-electron chi connectivity index (χ4n) is 0.589. The summed E-state index contributed by atoms with van der Waals surface area (Å²) in [6.45, 7) is 12.6. The van der Waals surface area contributed by atoms with E-state index < -0.39 is 0 Å². The Morgan fingerprint density at radius 2 is 1.64 bits per heavy atom. The Morgan fingerprint density at radius 1 is 1.21 bits per heavy atom. The average molecular weight is 196 g/mol. The predicted octanol–water partition coefficient (Wildman–Crippen LogP) is 1.19. The molecule has 0 N–H and O–H groups in total. The SMILES string of the molecule is C=CC(=C)C.C=Cc1ccccc1.[H-].[Na+]. The number of benzene rings is 1. The third-order valence-corrected chi connectivity index (χ3v) is 1.38. The molecule has 0 nitrogen and oxygen atoms in total. The molecule has 0 fully saturated rings. The van der Waals surface area contributed by atoms with Crippen molar-refractivity contribution in [2.45, 2.75) is 6.92 Å². The van der Waals surface area contributed by atoms with Crippen LogP contribution in [-0.2, 0) is 0 Å². The normalized spacial score (nSPS) is 7.21. The molecule has 0 spiro atoms. The zero-order chi connectivity index (χ0) is 10.1. The van der Waals surface area contributed by atoms with Crippen LogP contribution in [0, 0.1) is 0 Å². The number of hydrogen-bond donors (Lipinski definition) is 0. The van der Waals surface area contributed by atoms with E-state index in [1.54, 1.807) is 6.08 Å². The van der Waals surface area contributed by atoms with Gasteiger partial charge in [0.1, 0.15) is 0 Å². The third kappa shape index (κ3) is 9.53. The molecule has 0 aromatic heterocycles. The van der Waals surface area contributed by atoms with Gasteiger partial charge in [-0.25, -0.2) is 0 Å². The Labute approximate surface area is 111 Å². The molecule has 0 unspecified atom stereocenters. The van der Waals surface area contributed by atoms with Crippen LogP contribution in [-0.4, -0.2) is 0 Å². The molecule has 0 bridgehead atoms. The summed E-state index contributed by atoms with van der Waals surface area (Å²) in [5.74, 6) is 0. The molecule has 0 atom stereocenters. The minimum Gasteiger partial charge on any atom is -1.00 e. The smallest absolute Gasteiger partial charge is 1.00 e. The van der Waals surface area contributed by atoms with Gasteiger partial charge in [0.05, 0.1) is 0 Å². The Balaban J connectivity index is -0.000000185. The van der Waals surface area contributed by atoms with E-state index in [0.29, 0.717) is 0 Å². The first-order valence-electron chi connectivity index (χ1n) is 4.16. The molecule has 0 aliphatic heterocycles. The summed E-state index contributed by atoms with van der Waals surface area (Å²) in [7, 11) is 0. The summed E-state index contributed by atoms with van der Waals surface area (Å²) in [4.78, 5) is 0. The predicted molar refractivity (Wildman–Crippen MR) is 62.7 cm³/mol. The van der Waals surface area contributed by atoms with Gasteiger partial charge in [-0.2, -0.15) is 0 Å². The van der Waals surface area contributed by atoms with Crippen molar-refractivity contribution in [2.75, 3.05) is 0 Å². The first kappa shape index (κ1) is 15.9. The van der Waals surface area contributed by atoms with Gasteiger partial charge >= 0.3 is 29.6 Å². The van der Waals surface area contributed by atoms with E-state index in [9.17, 15) is 0 Å². The van der Waals surface area contributed by atoms with Crippen molar-refractivity contribution >= 4 is 6.08 Å². The van der Waals surface area contributed by atoms with E-state index in [4.69, 9.17) is 0 Å². The molecule has 0 heterocycles. The summed E-state index contributed by atoms with van der Waals surface area (Å²) >= 11 is 0. The van der Waals surface area contributed by atoms with Crippen LogP contribution >= 0.6 is 0 Å². The largest absolute Gasteiger partial charge is 1.00 e. The summed E-state index contributed by atoms with van der Waals surface area (Å²) in [6, 6.07) is 10.0. The fraction of sp³-hybridized carbons (Fsp3) is 0.0769. The molecule has 0 radical (unpaired) electrons. The quantitative estimate of drug-likeness (QED) is 0.492. The molecule has 1 rings (SSSR count). The van der Waals surface area contributed by atoms with Crippen LogP contribution in [0.25, 0.3) is 6.08 Å². The Hall–Kier alpha value is -0.560. The Kier molecular flexibility index (Phi) is 11.9. The molecule has 70 valence electrons. The molecule has 0 saturated heterocycles. The van der Waals surface area contributed by atoms with E-state index >= 15 is 0 Å². The topological polar surface area (TPSA) is 0 Å². The van der Waals surface area contributed by atoms with Crippen molar-refractivity contribution in [1.82, 2.24) is 0 Å². The first-order valence-corrected chi connectivity index (χ1v) is 4.16. The van der Waals surface area contributed by atoms with Gasteiger partial charge in [-0.1, -0.05) is 67.8 Å². The minimum absolute atomic E-state index is 0. The van der Waals surface area contributed by atoms with Crippen molar-refractivity contribution in [3.8, 4) is 0 Å². The van der Waals surface area contributed by atoms with Gasteiger partial charge in [-0.15, -0.1) is 0 Å². The molecule has 0 aliphatic rings. The van der Waals surface area contributed by atoms with Gasteiger partial charge in [0.15, 0.2) is 0 Å². The van der Waals surface area contributed by atoms with Crippen molar-refractivity contribution in [3.63, 3.8) is 0 Å². The molecular weight excluding hydrogens is 179 g/mol. The van der Waals surface area contributed by atoms with Gasteiger partial charge in [-0.05, 0) is 12.5 Å². The second-order valence-electron chi connectivity index (χ2n) is 2.67. The van der Waals surface area contributed by atoms with E-state index in [2.05, 4.69) is 19.7 Å². The maximum Gasteiger partial charge on any atom is 1.00 e. The molecule has 1 aromatic rings. The van der Waals surface area contributed by atoms with Gasteiger partial charge in [0.2, 0.25) is 0 Å². The van der Waals surface area contributed by atoms with E-state index in [1.165, 1.54) is 5.56 Å². The standard InChI is InChI=1S/C8H8.C5H8.Na.H/c1-2-8-6-4-3-5-7-8;1-4-5(2)3;;/h2-7H,1H2;4H,1-2H2,3H3;;/q;;+1;-1. The zero-order valence-corrected chi connectivity index (χ0v) is 11.2. The summed E-state index contributed by atoms with van der Waals surface area (Å²) < 4.78 is 0. The molecule has 14 heavy (non-hydrogen) atoms. The van der Waals surface area contributed by atoms with Gasteiger partial charge in [-0.3, -0.25) is 0 Å². The monoisotopic (exact) mass is 196 g/mol. The Morgan fingerprint density at radius 3 is 1.86 bits per heavy atom. The molecule has 0 aliphatic carbocycles. The maximum absolute atomic E-state index is 3.63. The zero-order valence-electron chi connectivity index (χ0n) is 10.2. The van der Waals surface area contributed by atoms with Gasteiger partial charge in [0.25, 0.3) is 0 Å². The summed E-state index contributed by atoms with van der Waals surface area (Å²) in [6.07, 6.45) is 3.56. The minimum atomic E-state index is 0. The van der Waals surface area contributed by atoms with Crippen molar-refractivity contribution in [2.24, 2.45) is 0 Å². The van der Waals surface area contributed by atoms with Crippen LogP contribution in [0.3, 0.4) is 0 Å². The average Bonchev–Trinajstić information content (AvgIpc) is 2.20. The summed E-state index contributed by atoms with van der Waals surface area (Å²) in [5.41, 5.74) is 2.19. The van der Waals surface area contributed by atoms with E-state index in [1.807, 2.05) is 43.3 Å². The molecule has 0 amide bonds. The second kappa shape index (κ2) is 10.5. The number of rotatable bonds is 2. The van der Waals surface area contributed by atoms with E-state index in [0.717, 1.165) is 5.57 Å². The number of allylic oxidation sites excluding steroid dienone is 2. The molecule has 0 saturated carbocycles. The maximum atomic E-state index is 3.63. The Bertz CT molecular complexity index is 278. The van der Waals surface area contributed by atoms with Crippen LogP contribution in [0.1, 0.15) is 13.9 Å². The molecule has 1 aromatic carbocycles. The van der Waals surface area contributed by atoms with Crippen LogP contribution in [0.2, 0.25) is 0 Å². The van der Waals surface area contributed by atoms with Crippen LogP contribution in [0.15, 0.2) is 61.7 Å². The van der Waals surface area contributed by atoms with Crippen molar-refractivity contribution in [3.05, 3.63) is 67.3 Å². The van der Waals surface area contributed by atoms with Gasteiger partial charge in [0, 0.05) is 0 Å². The molecular formula is C13H17Na. The van der Waals surface area contributed by atoms with Crippen molar-refractivity contribution < 1.29 is 31.0 Å². The van der Waals surface area contributed by atoms with Crippen LogP contribution in [0.4, 0.5) is 0 Å². The van der Waals surface area contributed by atoms with Crippen LogP contribution in [0.5, 0.6) is 0 Å². The van der Waals surface area contributed by atoms with E-state index in [-0.39, 0.29) is 31.0 Å². The third-order valence-electron chi connectivity index (χ3n) is 1.38.